The van der Waals surface area contributed by atoms with Crippen molar-refractivity contribution in [2.75, 3.05) is 0 Å². The molecule has 1 aromatic rings. The van der Waals surface area contributed by atoms with Crippen molar-refractivity contribution in [3.05, 3.63) is 35.9 Å². The summed E-state index contributed by atoms with van der Waals surface area (Å²) < 4.78 is 5.16. The van der Waals surface area contributed by atoms with E-state index in [1.165, 1.54) is 6.92 Å². The lowest BCUT2D eigenvalue weighted by Crippen LogP contribution is -2.54. The third-order valence-electron chi connectivity index (χ3n) is 2.33. The largest absolute Gasteiger partial charge is 0.458 e. The summed E-state index contributed by atoms with van der Waals surface area (Å²) in [6, 6.07) is 8.48. The van der Waals surface area contributed by atoms with Gasteiger partial charge in [0.1, 0.15) is 5.60 Å². The van der Waals surface area contributed by atoms with Gasteiger partial charge in [-0.3, -0.25) is 4.79 Å². The summed E-state index contributed by atoms with van der Waals surface area (Å²) >= 11 is 0. The Balaban J connectivity index is 2.93. The minimum Gasteiger partial charge on any atom is -0.458 e. The van der Waals surface area contributed by atoms with Gasteiger partial charge in [-0.05, 0) is 27.7 Å². The van der Waals surface area contributed by atoms with E-state index < -0.39 is 22.9 Å². The highest BCUT2D eigenvalue weighted by Crippen LogP contribution is 2.17. The normalized spacial score (nSPS) is 14.7. The zero-order valence-electron chi connectivity index (χ0n) is 11.2. The number of carbonyl (C=O) groups excluding carboxylic acids is 2. The quantitative estimate of drug-likeness (QED) is 0.505. The van der Waals surface area contributed by atoms with Crippen LogP contribution < -0.4 is 5.73 Å². The van der Waals surface area contributed by atoms with Crippen LogP contribution in [0.1, 0.15) is 38.1 Å². The first-order valence-corrected chi connectivity index (χ1v) is 5.77. The van der Waals surface area contributed by atoms with Crippen molar-refractivity contribution >= 4 is 11.8 Å². The van der Waals surface area contributed by atoms with Gasteiger partial charge in [0.25, 0.3) is 0 Å². The highest BCUT2D eigenvalue weighted by Gasteiger charge is 2.40. The number of esters is 1. The van der Waals surface area contributed by atoms with Crippen molar-refractivity contribution in [3.63, 3.8) is 0 Å². The highest BCUT2D eigenvalue weighted by molar-refractivity contribution is 6.15. The first-order valence-electron chi connectivity index (χ1n) is 5.77. The number of benzene rings is 1. The summed E-state index contributed by atoms with van der Waals surface area (Å²) in [6.07, 6.45) is 0. The minimum atomic E-state index is -1.67. The van der Waals surface area contributed by atoms with Crippen LogP contribution in [0.3, 0.4) is 0 Å². The molecule has 0 amide bonds. The predicted octanol–water partition coefficient (Wildman–Crippen LogP) is 1.93. The summed E-state index contributed by atoms with van der Waals surface area (Å²) in [5.41, 5.74) is 3.87. The lowest BCUT2D eigenvalue weighted by molar-refractivity contribution is -0.158. The molecule has 0 aliphatic heterocycles. The molecule has 1 aromatic carbocycles. The van der Waals surface area contributed by atoms with Crippen molar-refractivity contribution in [1.82, 2.24) is 0 Å². The van der Waals surface area contributed by atoms with Crippen molar-refractivity contribution < 1.29 is 14.3 Å². The number of ketones is 1. The van der Waals surface area contributed by atoms with Crippen LogP contribution in [-0.2, 0) is 9.53 Å². The van der Waals surface area contributed by atoms with Crippen LogP contribution in [0.4, 0.5) is 0 Å². The van der Waals surface area contributed by atoms with Gasteiger partial charge in [0.15, 0.2) is 11.3 Å². The van der Waals surface area contributed by atoms with Gasteiger partial charge >= 0.3 is 5.97 Å². The Morgan fingerprint density at radius 3 is 2.00 bits per heavy atom. The van der Waals surface area contributed by atoms with Crippen LogP contribution in [0.2, 0.25) is 0 Å². The summed E-state index contributed by atoms with van der Waals surface area (Å²) in [6.45, 7) is 6.56. The monoisotopic (exact) mass is 249 g/mol. The molecule has 18 heavy (non-hydrogen) atoms. The van der Waals surface area contributed by atoms with Crippen LogP contribution >= 0.6 is 0 Å². The standard InChI is InChI=1S/C14H19NO3/c1-13(2,3)18-12(17)14(4,15)11(16)10-8-6-5-7-9-10/h5-9H,15H2,1-4H3/t14-/m0/s1. The van der Waals surface area contributed by atoms with Gasteiger partial charge in [0.2, 0.25) is 0 Å². The summed E-state index contributed by atoms with van der Waals surface area (Å²) in [5.74, 6) is -1.17. The van der Waals surface area contributed by atoms with Crippen LogP contribution in [0.5, 0.6) is 0 Å². The van der Waals surface area contributed by atoms with Crippen LogP contribution in [-0.4, -0.2) is 22.9 Å². The average Bonchev–Trinajstić information content (AvgIpc) is 2.27. The molecule has 4 nitrogen and oxygen atoms in total. The molecule has 0 aromatic heterocycles. The Bertz CT molecular complexity index is 444. The van der Waals surface area contributed by atoms with E-state index in [0.29, 0.717) is 5.56 Å². The third kappa shape index (κ3) is 3.40. The van der Waals surface area contributed by atoms with E-state index in [9.17, 15) is 9.59 Å². The number of hydrogen-bond acceptors (Lipinski definition) is 4. The van der Waals surface area contributed by atoms with Crippen LogP contribution in [0.25, 0.3) is 0 Å². The van der Waals surface area contributed by atoms with E-state index in [0.717, 1.165) is 0 Å². The smallest absolute Gasteiger partial charge is 0.334 e. The van der Waals surface area contributed by atoms with Crippen LogP contribution in [0.15, 0.2) is 30.3 Å². The Labute approximate surface area is 107 Å². The molecule has 4 heteroatoms. The zero-order valence-corrected chi connectivity index (χ0v) is 11.2. The second kappa shape index (κ2) is 4.90. The SMILES string of the molecule is CC(C)(C)OC(=O)[C@@](C)(N)C(=O)c1ccccc1. The average molecular weight is 249 g/mol. The van der Waals surface area contributed by atoms with E-state index >= 15 is 0 Å². The van der Waals surface area contributed by atoms with Gasteiger partial charge in [-0.25, -0.2) is 4.79 Å². The molecule has 0 fully saturated rings. The number of rotatable bonds is 3. The Kier molecular flexibility index (Phi) is 3.92. The maximum atomic E-state index is 12.2. The first-order chi connectivity index (χ1) is 8.14. The number of nitrogens with two attached hydrogens (primary N) is 1. The lowest BCUT2D eigenvalue weighted by atomic mass is 9.92. The van der Waals surface area contributed by atoms with E-state index in [4.69, 9.17) is 10.5 Å². The molecule has 0 aliphatic rings. The molecule has 0 aliphatic carbocycles. The molecule has 98 valence electrons. The molecule has 0 bridgehead atoms. The van der Waals surface area contributed by atoms with Crippen molar-refractivity contribution in [2.24, 2.45) is 5.73 Å². The topological polar surface area (TPSA) is 69.4 Å². The number of hydrogen-bond donors (Lipinski definition) is 1. The van der Waals surface area contributed by atoms with E-state index in [1.54, 1.807) is 51.1 Å². The van der Waals surface area contributed by atoms with E-state index in [-0.39, 0.29) is 0 Å². The maximum absolute atomic E-state index is 12.2. The van der Waals surface area contributed by atoms with Gasteiger partial charge in [-0.1, -0.05) is 30.3 Å². The second-order valence-corrected chi connectivity index (χ2v) is 5.40. The number of Topliss-reactive ketones (excluding diaryl/α,β-unsaturated/α-hetero) is 1. The van der Waals surface area contributed by atoms with E-state index in [2.05, 4.69) is 0 Å². The zero-order chi connectivity index (χ0) is 14.0. The fourth-order valence-corrected chi connectivity index (χ4v) is 1.37. The van der Waals surface area contributed by atoms with Gasteiger partial charge in [-0.2, -0.15) is 0 Å². The van der Waals surface area contributed by atoms with Gasteiger partial charge in [-0.15, -0.1) is 0 Å². The minimum absolute atomic E-state index is 0.397. The molecule has 0 saturated carbocycles. The van der Waals surface area contributed by atoms with Crippen molar-refractivity contribution in [2.45, 2.75) is 38.8 Å². The molecule has 0 radical (unpaired) electrons. The number of ether oxygens (including phenoxy) is 1. The van der Waals surface area contributed by atoms with Crippen LogP contribution in [0, 0.1) is 0 Å². The summed E-state index contributed by atoms with van der Waals surface area (Å²) in [7, 11) is 0. The third-order valence-corrected chi connectivity index (χ3v) is 2.33. The van der Waals surface area contributed by atoms with E-state index in [1.807, 2.05) is 0 Å². The molecule has 2 N–H and O–H groups in total. The Morgan fingerprint density at radius 1 is 1.06 bits per heavy atom. The molecule has 1 atom stereocenters. The van der Waals surface area contributed by atoms with Gasteiger partial charge < -0.3 is 10.5 Å². The van der Waals surface area contributed by atoms with Crippen molar-refractivity contribution in [1.29, 1.82) is 0 Å². The Hall–Kier alpha value is -1.68. The maximum Gasteiger partial charge on any atom is 0.334 e. The van der Waals surface area contributed by atoms with Gasteiger partial charge in [0, 0.05) is 5.56 Å². The molecule has 0 spiro atoms. The highest BCUT2D eigenvalue weighted by atomic mass is 16.6. The molecule has 0 unspecified atom stereocenters. The first kappa shape index (κ1) is 14.4. The second-order valence-electron chi connectivity index (χ2n) is 5.40. The summed E-state index contributed by atoms with van der Waals surface area (Å²) in [5, 5.41) is 0. The Morgan fingerprint density at radius 2 is 1.56 bits per heavy atom. The molecule has 0 heterocycles. The summed E-state index contributed by atoms with van der Waals surface area (Å²) in [4.78, 5) is 24.1. The lowest BCUT2D eigenvalue weighted by Gasteiger charge is -2.27. The molecular weight excluding hydrogens is 230 g/mol. The van der Waals surface area contributed by atoms with Crippen molar-refractivity contribution in [3.8, 4) is 0 Å². The fourth-order valence-electron chi connectivity index (χ4n) is 1.37. The molecular formula is C14H19NO3. The molecule has 0 saturated heterocycles. The fraction of sp³-hybridized carbons (Fsp3) is 0.429. The number of carbonyl (C=O) groups is 2. The predicted molar refractivity (Wildman–Crippen MR) is 69.2 cm³/mol. The molecule has 1 rings (SSSR count). The van der Waals surface area contributed by atoms with Gasteiger partial charge in [0.05, 0.1) is 0 Å².